The van der Waals surface area contributed by atoms with Crippen LogP contribution in [-0.4, -0.2) is 19.7 Å². The Morgan fingerprint density at radius 1 is 1.29 bits per heavy atom. The number of ether oxygens (including phenoxy) is 1. The number of benzene rings is 1. The quantitative estimate of drug-likeness (QED) is 0.836. The van der Waals surface area contributed by atoms with Gasteiger partial charge in [-0.15, -0.1) is 0 Å². The molecule has 0 amide bonds. The van der Waals surface area contributed by atoms with Crippen LogP contribution in [0.5, 0.6) is 5.75 Å². The van der Waals surface area contributed by atoms with Crippen LogP contribution in [0.1, 0.15) is 0 Å². The fourth-order valence-electron chi connectivity index (χ4n) is 1.34. The van der Waals surface area contributed by atoms with E-state index in [9.17, 15) is 0 Å². The lowest BCUT2D eigenvalue weighted by molar-refractivity contribution is 0.350. The predicted octanol–water partition coefficient (Wildman–Crippen LogP) is 2.36. The molecule has 1 N–H and O–H groups in total. The van der Waals surface area contributed by atoms with Gasteiger partial charge in [-0.05, 0) is 29.8 Å². The Morgan fingerprint density at radius 3 is 2.71 bits per heavy atom. The van der Waals surface area contributed by atoms with Gasteiger partial charge in [0.1, 0.15) is 12.4 Å². The Balaban J connectivity index is 1.88. The van der Waals surface area contributed by atoms with Crippen molar-refractivity contribution in [1.29, 1.82) is 0 Å². The average Bonchev–Trinajstić information content (AvgIpc) is 2.70. The van der Waals surface area contributed by atoms with Gasteiger partial charge in [-0.2, -0.15) is 0 Å². The molecule has 2 nitrogen and oxygen atoms in total. The molecule has 0 radical (unpaired) electrons. The number of rotatable bonds is 3. The van der Waals surface area contributed by atoms with Crippen LogP contribution in [0.2, 0.25) is 0 Å². The van der Waals surface area contributed by atoms with Crippen molar-refractivity contribution in [2.45, 2.75) is 0 Å². The van der Waals surface area contributed by atoms with E-state index < -0.39 is 0 Å². The molecule has 0 fully saturated rings. The van der Waals surface area contributed by atoms with Crippen molar-refractivity contribution in [2.75, 3.05) is 19.7 Å². The number of hydrogen-bond acceptors (Lipinski definition) is 2. The summed E-state index contributed by atoms with van der Waals surface area (Å²) in [7, 11) is 0. The highest BCUT2D eigenvalue weighted by Gasteiger charge is 2.03. The highest BCUT2D eigenvalue weighted by Crippen LogP contribution is 2.16. The normalized spacial score (nSPS) is 15.4. The smallest absolute Gasteiger partial charge is 0.119 e. The molecule has 1 aromatic carbocycles. The van der Waals surface area contributed by atoms with E-state index in [0.717, 1.165) is 23.3 Å². The third-order valence-corrected chi connectivity index (χ3v) is 2.65. The Kier molecular flexibility index (Phi) is 3.22. The average molecular weight is 254 g/mol. The van der Waals surface area contributed by atoms with Crippen LogP contribution >= 0.6 is 15.9 Å². The Hall–Kier alpha value is -0.800. The molecule has 0 saturated heterocycles. The maximum absolute atomic E-state index is 5.62. The lowest BCUT2D eigenvalue weighted by Gasteiger charge is -2.06. The van der Waals surface area contributed by atoms with Crippen molar-refractivity contribution in [3.63, 3.8) is 0 Å². The van der Waals surface area contributed by atoms with Gasteiger partial charge in [0.2, 0.25) is 0 Å². The fourth-order valence-corrected chi connectivity index (χ4v) is 1.60. The van der Waals surface area contributed by atoms with Crippen LogP contribution in [0.3, 0.4) is 0 Å². The molecule has 0 aliphatic carbocycles. The number of hydrogen-bond donors (Lipinski definition) is 1. The summed E-state index contributed by atoms with van der Waals surface area (Å²) >= 11 is 3.39. The molecule has 14 heavy (non-hydrogen) atoms. The molecule has 0 unspecified atom stereocenters. The molecule has 0 aromatic heterocycles. The molecule has 0 atom stereocenters. The highest BCUT2D eigenvalue weighted by molar-refractivity contribution is 9.10. The van der Waals surface area contributed by atoms with E-state index in [4.69, 9.17) is 4.74 Å². The highest BCUT2D eigenvalue weighted by atomic mass is 79.9. The maximum atomic E-state index is 5.62. The van der Waals surface area contributed by atoms with Gasteiger partial charge in [-0.3, -0.25) is 0 Å². The molecule has 2 rings (SSSR count). The summed E-state index contributed by atoms with van der Waals surface area (Å²) in [5, 5.41) is 3.24. The van der Waals surface area contributed by atoms with Gasteiger partial charge in [0.05, 0.1) is 0 Å². The lowest BCUT2D eigenvalue weighted by atomic mass is 10.3. The van der Waals surface area contributed by atoms with Crippen molar-refractivity contribution in [3.05, 3.63) is 40.4 Å². The SMILES string of the molecule is Brc1ccc(OCC2=CCNC2)cc1. The number of nitrogens with one attached hydrogen (secondary N) is 1. The predicted molar refractivity (Wildman–Crippen MR) is 60.6 cm³/mol. The van der Waals surface area contributed by atoms with Crippen molar-refractivity contribution >= 4 is 15.9 Å². The van der Waals surface area contributed by atoms with E-state index in [2.05, 4.69) is 27.3 Å². The molecule has 1 aromatic rings. The molecular formula is C11H12BrNO. The molecule has 0 spiro atoms. The first-order valence-corrected chi connectivity index (χ1v) is 5.41. The monoisotopic (exact) mass is 253 g/mol. The first-order valence-electron chi connectivity index (χ1n) is 4.61. The van der Waals surface area contributed by atoms with E-state index >= 15 is 0 Å². The summed E-state index contributed by atoms with van der Waals surface area (Å²) in [5.74, 6) is 0.918. The minimum Gasteiger partial charge on any atom is -0.489 e. The van der Waals surface area contributed by atoms with Crippen molar-refractivity contribution < 1.29 is 4.74 Å². The van der Waals surface area contributed by atoms with E-state index in [-0.39, 0.29) is 0 Å². The van der Waals surface area contributed by atoms with Crippen LogP contribution in [0.4, 0.5) is 0 Å². The van der Waals surface area contributed by atoms with E-state index in [1.165, 1.54) is 5.57 Å². The third-order valence-electron chi connectivity index (χ3n) is 2.13. The van der Waals surface area contributed by atoms with Gasteiger partial charge < -0.3 is 10.1 Å². The summed E-state index contributed by atoms with van der Waals surface area (Å²) in [6, 6.07) is 7.90. The minimum absolute atomic E-state index is 0.689. The lowest BCUT2D eigenvalue weighted by Crippen LogP contribution is -2.11. The summed E-state index contributed by atoms with van der Waals surface area (Å²) in [4.78, 5) is 0. The number of halogens is 1. The first kappa shape index (κ1) is 9.74. The largest absolute Gasteiger partial charge is 0.489 e. The molecular weight excluding hydrogens is 242 g/mol. The van der Waals surface area contributed by atoms with Gasteiger partial charge in [0, 0.05) is 17.6 Å². The Labute approximate surface area is 92.1 Å². The van der Waals surface area contributed by atoms with Crippen molar-refractivity contribution in [1.82, 2.24) is 5.32 Å². The zero-order chi connectivity index (χ0) is 9.80. The van der Waals surface area contributed by atoms with E-state index in [0.29, 0.717) is 6.61 Å². The second kappa shape index (κ2) is 4.62. The summed E-state index contributed by atoms with van der Waals surface area (Å²) in [6.07, 6.45) is 2.18. The third kappa shape index (κ3) is 2.59. The molecule has 74 valence electrons. The standard InChI is InChI=1S/C11H12BrNO/c12-10-1-3-11(4-2-10)14-8-9-5-6-13-7-9/h1-5,13H,6-8H2. The molecule has 0 saturated carbocycles. The van der Waals surface area contributed by atoms with Gasteiger partial charge in [-0.1, -0.05) is 22.0 Å². The van der Waals surface area contributed by atoms with E-state index in [1.54, 1.807) is 0 Å². The van der Waals surface area contributed by atoms with Crippen LogP contribution in [0, 0.1) is 0 Å². The molecule has 0 bridgehead atoms. The van der Waals surface area contributed by atoms with Crippen LogP contribution in [0.25, 0.3) is 0 Å². The molecule has 1 aliphatic heterocycles. The fraction of sp³-hybridized carbons (Fsp3) is 0.273. The zero-order valence-corrected chi connectivity index (χ0v) is 9.38. The second-order valence-electron chi connectivity index (χ2n) is 3.24. The van der Waals surface area contributed by atoms with Gasteiger partial charge in [0.15, 0.2) is 0 Å². The molecule has 3 heteroatoms. The van der Waals surface area contributed by atoms with Crippen molar-refractivity contribution in [2.24, 2.45) is 0 Å². The summed E-state index contributed by atoms with van der Waals surface area (Å²) in [5.41, 5.74) is 1.33. The summed E-state index contributed by atoms with van der Waals surface area (Å²) in [6.45, 7) is 2.62. The first-order chi connectivity index (χ1) is 6.84. The molecule has 1 heterocycles. The van der Waals surface area contributed by atoms with Gasteiger partial charge in [-0.25, -0.2) is 0 Å². The maximum Gasteiger partial charge on any atom is 0.119 e. The zero-order valence-electron chi connectivity index (χ0n) is 7.79. The Morgan fingerprint density at radius 2 is 2.07 bits per heavy atom. The van der Waals surface area contributed by atoms with Crippen molar-refractivity contribution in [3.8, 4) is 5.75 Å². The van der Waals surface area contributed by atoms with Crippen LogP contribution < -0.4 is 10.1 Å². The van der Waals surface area contributed by atoms with Gasteiger partial charge in [0.25, 0.3) is 0 Å². The minimum atomic E-state index is 0.689. The van der Waals surface area contributed by atoms with Crippen LogP contribution in [0.15, 0.2) is 40.4 Å². The topological polar surface area (TPSA) is 21.3 Å². The van der Waals surface area contributed by atoms with E-state index in [1.807, 2.05) is 24.3 Å². The second-order valence-corrected chi connectivity index (χ2v) is 4.15. The molecule has 1 aliphatic rings. The van der Waals surface area contributed by atoms with Crippen LogP contribution in [-0.2, 0) is 0 Å². The van der Waals surface area contributed by atoms with Gasteiger partial charge >= 0.3 is 0 Å². The summed E-state index contributed by atoms with van der Waals surface area (Å²) < 4.78 is 6.69. The Bertz CT molecular complexity index is 332.